The molecular formula is C17H21ClN2O3. The van der Waals surface area contributed by atoms with Crippen LogP contribution in [0.3, 0.4) is 0 Å². The second-order valence-corrected chi connectivity index (χ2v) is 5.69. The fraction of sp³-hybridized carbons (Fsp3) is 0.412. The molecule has 23 heavy (non-hydrogen) atoms. The summed E-state index contributed by atoms with van der Waals surface area (Å²) in [5.41, 5.74) is 1.49. The van der Waals surface area contributed by atoms with Crippen molar-refractivity contribution in [1.82, 2.24) is 10.3 Å². The number of ether oxygens (including phenoxy) is 1. The molecule has 6 heteroatoms. The normalized spacial score (nSPS) is 10.7. The van der Waals surface area contributed by atoms with Gasteiger partial charge in [0.25, 0.3) is 0 Å². The number of halogens is 1. The van der Waals surface area contributed by atoms with E-state index in [1.165, 1.54) is 0 Å². The summed E-state index contributed by atoms with van der Waals surface area (Å²) in [4.78, 5) is 16.4. The lowest BCUT2D eigenvalue weighted by atomic mass is 10.2. The van der Waals surface area contributed by atoms with Crippen molar-refractivity contribution < 1.29 is 13.9 Å². The molecule has 0 aliphatic rings. The predicted molar refractivity (Wildman–Crippen MR) is 89.5 cm³/mol. The molecular weight excluding hydrogens is 316 g/mol. The van der Waals surface area contributed by atoms with Crippen LogP contribution >= 0.6 is 11.6 Å². The van der Waals surface area contributed by atoms with Crippen LogP contribution in [-0.2, 0) is 16.0 Å². The number of carbonyl (C=O) groups excluding carboxylic acids is 1. The number of benzene rings is 1. The van der Waals surface area contributed by atoms with Gasteiger partial charge in [-0.05, 0) is 44.0 Å². The van der Waals surface area contributed by atoms with Gasteiger partial charge >= 0.3 is 0 Å². The fourth-order valence-electron chi connectivity index (χ4n) is 2.12. The van der Waals surface area contributed by atoms with Crippen molar-refractivity contribution >= 4 is 17.5 Å². The number of methoxy groups -OCH3 is 1. The fourth-order valence-corrected chi connectivity index (χ4v) is 2.25. The van der Waals surface area contributed by atoms with Crippen molar-refractivity contribution in [2.24, 2.45) is 0 Å². The lowest BCUT2D eigenvalue weighted by molar-refractivity contribution is -0.120. The van der Waals surface area contributed by atoms with Crippen LogP contribution in [0.4, 0.5) is 0 Å². The molecule has 5 nitrogen and oxygen atoms in total. The molecule has 0 aliphatic heterocycles. The Labute approximate surface area is 141 Å². The first-order chi connectivity index (χ1) is 11.1. The molecule has 2 rings (SSSR count). The van der Waals surface area contributed by atoms with E-state index in [2.05, 4.69) is 10.3 Å². The Morgan fingerprint density at radius 2 is 2.04 bits per heavy atom. The van der Waals surface area contributed by atoms with Gasteiger partial charge in [-0.2, -0.15) is 0 Å². The molecule has 0 radical (unpaired) electrons. The van der Waals surface area contributed by atoms with E-state index in [-0.39, 0.29) is 12.3 Å². The SMILES string of the molecule is COCCCCNC(=O)Cc1nc(-c2ccc(Cl)cc2)oc1C. The number of amides is 1. The quantitative estimate of drug-likeness (QED) is 0.750. The van der Waals surface area contributed by atoms with E-state index >= 15 is 0 Å². The number of aromatic nitrogens is 1. The molecule has 0 aliphatic carbocycles. The van der Waals surface area contributed by atoms with Crippen LogP contribution in [0, 0.1) is 6.92 Å². The number of nitrogens with zero attached hydrogens (tertiary/aromatic N) is 1. The van der Waals surface area contributed by atoms with Gasteiger partial charge in [0, 0.05) is 30.8 Å². The van der Waals surface area contributed by atoms with E-state index in [1.807, 2.05) is 19.1 Å². The Bertz CT molecular complexity index is 638. The monoisotopic (exact) mass is 336 g/mol. The molecule has 0 spiro atoms. The van der Waals surface area contributed by atoms with Crippen LogP contribution < -0.4 is 5.32 Å². The third-order valence-corrected chi connectivity index (χ3v) is 3.66. The van der Waals surface area contributed by atoms with E-state index in [1.54, 1.807) is 19.2 Å². The largest absolute Gasteiger partial charge is 0.441 e. The minimum Gasteiger partial charge on any atom is -0.441 e. The van der Waals surface area contributed by atoms with Crippen LogP contribution in [0.15, 0.2) is 28.7 Å². The Morgan fingerprint density at radius 3 is 2.74 bits per heavy atom. The zero-order chi connectivity index (χ0) is 16.7. The summed E-state index contributed by atoms with van der Waals surface area (Å²) in [6, 6.07) is 7.24. The molecule has 0 unspecified atom stereocenters. The molecule has 124 valence electrons. The number of aryl methyl sites for hydroxylation is 1. The first-order valence-electron chi connectivity index (χ1n) is 7.58. The smallest absolute Gasteiger partial charge is 0.226 e. The Kier molecular flexibility index (Phi) is 6.62. The number of oxazole rings is 1. The molecule has 0 saturated heterocycles. The Balaban J connectivity index is 1.90. The lowest BCUT2D eigenvalue weighted by Gasteiger charge is -2.03. The maximum atomic E-state index is 11.9. The summed E-state index contributed by atoms with van der Waals surface area (Å²) in [6.45, 7) is 3.17. The maximum Gasteiger partial charge on any atom is 0.226 e. The Morgan fingerprint density at radius 1 is 1.30 bits per heavy atom. The summed E-state index contributed by atoms with van der Waals surface area (Å²) in [5, 5.41) is 3.54. The van der Waals surface area contributed by atoms with Crippen LogP contribution in [0.5, 0.6) is 0 Å². The highest BCUT2D eigenvalue weighted by Crippen LogP contribution is 2.23. The number of hydrogen-bond donors (Lipinski definition) is 1. The van der Waals surface area contributed by atoms with E-state index in [0.29, 0.717) is 35.5 Å². The number of carbonyl (C=O) groups is 1. The molecule has 0 fully saturated rings. The van der Waals surface area contributed by atoms with Crippen molar-refractivity contribution in [2.75, 3.05) is 20.3 Å². The van der Waals surface area contributed by atoms with Gasteiger partial charge in [0.15, 0.2) is 0 Å². The highest BCUT2D eigenvalue weighted by molar-refractivity contribution is 6.30. The van der Waals surface area contributed by atoms with E-state index in [4.69, 9.17) is 20.8 Å². The van der Waals surface area contributed by atoms with Gasteiger partial charge in [-0.1, -0.05) is 11.6 Å². The average Bonchev–Trinajstić information content (AvgIpc) is 2.89. The van der Waals surface area contributed by atoms with Crippen molar-refractivity contribution in [3.8, 4) is 11.5 Å². The number of nitrogens with one attached hydrogen (secondary N) is 1. The van der Waals surface area contributed by atoms with Crippen molar-refractivity contribution in [3.63, 3.8) is 0 Å². The molecule has 1 aromatic carbocycles. The number of unbranched alkanes of at least 4 members (excludes halogenated alkanes) is 1. The topological polar surface area (TPSA) is 64.4 Å². The van der Waals surface area contributed by atoms with Gasteiger partial charge in [0.1, 0.15) is 5.76 Å². The summed E-state index contributed by atoms with van der Waals surface area (Å²) in [5.74, 6) is 1.10. The van der Waals surface area contributed by atoms with E-state index in [9.17, 15) is 4.79 Å². The van der Waals surface area contributed by atoms with Crippen molar-refractivity contribution in [3.05, 3.63) is 40.7 Å². The lowest BCUT2D eigenvalue weighted by Crippen LogP contribution is -2.26. The molecule has 0 bridgehead atoms. The van der Waals surface area contributed by atoms with Gasteiger partial charge in [0.05, 0.1) is 12.1 Å². The second kappa shape index (κ2) is 8.70. The minimum absolute atomic E-state index is 0.0542. The third kappa shape index (κ3) is 5.37. The van der Waals surface area contributed by atoms with Crippen LogP contribution in [-0.4, -0.2) is 31.2 Å². The van der Waals surface area contributed by atoms with Gasteiger partial charge in [-0.3, -0.25) is 4.79 Å². The van der Waals surface area contributed by atoms with Crippen molar-refractivity contribution in [2.45, 2.75) is 26.2 Å². The molecule has 1 amide bonds. The molecule has 0 atom stereocenters. The standard InChI is InChI=1S/C17H21ClN2O3/c1-12-15(11-16(21)19-9-3-4-10-22-2)20-17(23-12)13-5-7-14(18)8-6-13/h5-8H,3-4,9-11H2,1-2H3,(H,19,21). The zero-order valence-electron chi connectivity index (χ0n) is 13.4. The first kappa shape index (κ1) is 17.5. The highest BCUT2D eigenvalue weighted by Gasteiger charge is 2.14. The average molecular weight is 337 g/mol. The van der Waals surface area contributed by atoms with Gasteiger partial charge in [-0.15, -0.1) is 0 Å². The van der Waals surface area contributed by atoms with Gasteiger partial charge in [0.2, 0.25) is 11.8 Å². The number of hydrogen-bond acceptors (Lipinski definition) is 4. The van der Waals surface area contributed by atoms with Crippen LogP contribution in [0.25, 0.3) is 11.5 Å². The maximum absolute atomic E-state index is 11.9. The number of rotatable bonds is 8. The summed E-state index contributed by atoms with van der Waals surface area (Å²) in [6.07, 6.45) is 2.04. The molecule has 0 saturated carbocycles. The summed E-state index contributed by atoms with van der Waals surface area (Å²) >= 11 is 5.87. The first-order valence-corrected chi connectivity index (χ1v) is 7.96. The Hall–Kier alpha value is -1.85. The highest BCUT2D eigenvalue weighted by atomic mass is 35.5. The summed E-state index contributed by atoms with van der Waals surface area (Å²) < 4.78 is 10.6. The van der Waals surface area contributed by atoms with Gasteiger partial charge in [-0.25, -0.2) is 4.98 Å². The predicted octanol–water partition coefficient (Wildman–Crippen LogP) is 3.39. The van der Waals surface area contributed by atoms with Crippen molar-refractivity contribution in [1.29, 1.82) is 0 Å². The van der Waals surface area contributed by atoms with E-state index in [0.717, 1.165) is 18.4 Å². The zero-order valence-corrected chi connectivity index (χ0v) is 14.2. The molecule has 2 aromatic rings. The third-order valence-electron chi connectivity index (χ3n) is 3.41. The second-order valence-electron chi connectivity index (χ2n) is 5.26. The van der Waals surface area contributed by atoms with Gasteiger partial charge < -0.3 is 14.5 Å². The van der Waals surface area contributed by atoms with Crippen LogP contribution in [0.2, 0.25) is 5.02 Å². The van der Waals surface area contributed by atoms with E-state index < -0.39 is 0 Å². The molecule has 1 heterocycles. The molecule has 1 N–H and O–H groups in total. The molecule has 1 aromatic heterocycles. The minimum atomic E-state index is -0.0542. The summed E-state index contributed by atoms with van der Waals surface area (Å²) in [7, 11) is 1.67. The van der Waals surface area contributed by atoms with Crippen LogP contribution in [0.1, 0.15) is 24.3 Å².